The zero-order chi connectivity index (χ0) is 33.0. The van der Waals surface area contributed by atoms with Crippen LogP contribution in [0.1, 0.15) is 37.7 Å². The van der Waals surface area contributed by atoms with Gasteiger partial charge in [-0.25, -0.2) is 38.1 Å². The van der Waals surface area contributed by atoms with Gasteiger partial charge in [0.05, 0.1) is 37.8 Å². The predicted octanol–water partition coefficient (Wildman–Crippen LogP) is 2.83. The highest BCUT2D eigenvalue weighted by atomic mass is 32.2. The second-order valence-electron chi connectivity index (χ2n) is 12.0. The molecule has 0 radical (unpaired) electrons. The maximum absolute atomic E-state index is 15.3. The average molecular weight is 674 g/mol. The van der Waals surface area contributed by atoms with Crippen LogP contribution in [0.5, 0.6) is 5.88 Å². The molecule has 3 saturated heterocycles. The quantitative estimate of drug-likeness (QED) is 0.304. The molecule has 47 heavy (non-hydrogen) atoms. The standard InChI is InChI=1S/C31H40FN7O7S/c1-43-30-25(37-47(2,41)42)16-21(18-33-30)27-24-17-23(32)15-22(28(24)35-31(34-27)39-10-13-44-14-11-39)19-38-8-6-20(7-9-38)29(40)36-46-26-5-3-4-12-45-26/h15-18,20,26,37H,3-14,19H2,1-2H3,(H,36,40). The van der Waals surface area contributed by atoms with Gasteiger partial charge in [-0.2, -0.15) is 0 Å². The van der Waals surface area contributed by atoms with Crippen molar-refractivity contribution in [3.8, 4) is 17.1 Å². The second kappa shape index (κ2) is 14.6. The first-order valence-corrected chi connectivity index (χ1v) is 17.7. The first-order valence-electron chi connectivity index (χ1n) is 15.8. The highest BCUT2D eigenvalue weighted by Gasteiger charge is 2.28. The van der Waals surface area contributed by atoms with Gasteiger partial charge in [0.25, 0.3) is 0 Å². The van der Waals surface area contributed by atoms with Crippen molar-refractivity contribution in [3.05, 3.63) is 35.8 Å². The van der Waals surface area contributed by atoms with Crippen LogP contribution in [0.25, 0.3) is 22.2 Å². The number of methoxy groups -OCH3 is 1. The highest BCUT2D eigenvalue weighted by molar-refractivity contribution is 7.92. The van der Waals surface area contributed by atoms with E-state index < -0.39 is 22.1 Å². The van der Waals surface area contributed by atoms with E-state index >= 15 is 4.39 Å². The minimum absolute atomic E-state index is 0.0868. The molecule has 3 aliphatic rings. The van der Waals surface area contributed by atoms with Gasteiger partial charge in [0.15, 0.2) is 6.29 Å². The number of sulfonamides is 1. The summed E-state index contributed by atoms with van der Waals surface area (Å²) < 4.78 is 58.3. The summed E-state index contributed by atoms with van der Waals surface area (Å²) >= 11 is 0. The normalized spacial score (nSPS) is 19.9. The van der Waals surface area contributed by atoms with Gasteiger partial charge in [-0.1, -0.05) is 0 Å². The van der Waals surface area contributed by atoms with Gasteiger partial charge in [0, 0.05) is 55.7 Å². The number of carbonyl (C=O) groups excluding carboxylic acids is 1. The van der Waals surface area contributed by atoms with Crippen LogP contribution in [-0.2, 0) is 35.7 Å². The Balaban J connectivity index is 1.28. The average Bonchev–Trinajstić information content (AvgIpc) is 3.07. The maximum atomic E-state index is 15.3. The molecule has 5 heterocycles. The Morgan fingerprint density at radius 1 is 1.06 bits per heavy atom. The minimum Gasteiger partial charge on any atom is -0.480 e. The number of likely N-dealkylation sites (tertiary alicyclic amines) is 1. The number of nitrogens with one attached hydrogen (secondary N) is 2. The highest BCUT2D eigenvalue weighted by Crippen LogP contribution is 2.35. The van der Waals surface area contributed by atoms with Gasteiger partial charge in [-0.15, -0.1) is 0 Å². The van der Waals surface area contributed by atoms with Crippen LogP contribution in [0.4, 0.5) is 16.0 Å². The smallest absolute Gasteiger partial charge is 0.246 e. The summed E-state index contributed by atoms with van der Waals surface area (Å²) in [5.41, 5.74) is 4.84. The van der Waals surface area contributed by atoms with E-state index in [0.29, 0.717) is 99.1 Å². The molecule has 0 spiro atoms. The van der Waals surface area contributed by atoms with Crippen LogP contribution < -0.4 is 19.8 Å². The van der Waals surface area contributed by atoms with E-state index in [2.05, 4.69) is 20.1 Å². The van der Waals surface area contributed by atoms with Crippen molar-refractivity contribution in [1.29, 1.82) is 0 Å². The molecule has 0 aliphatic carbocycles. The molecule has 3 fully saturated rings. The lowest BCUT2D eigenvalue weighted by molar-refractivity contribution is -0.202. The Morgan fingerprint density at radius 3 is 2.55 bits per heavy atom. The third kappa shape index (κ3) is 8.24. The molecule has 1 aromatic carbocycles. The van der Waals surface area contributed by atoms with Gasteiger partial charge in [-0.05, 0) is 62.5 Å². The number of fused-ring (bicyclic) bond motifs is 1. The molecule has 1 amide bonds. The first kappa shape index (κ1) is 33.2. The van der Waals surface area contributed by atoms with E-state index in [4.69, 9.17) is 29.0 Å². The molecular weight excluding hydrogens is 633 g/mol. The topological polar surface area (TPSA) is 157 Å². The van der Waals surface area contributed by atoms with Gasteiger partial charge in [-0.3, -0.25) is 14.4 Å². The second-order valence-corrected chi connectivity index (χ2v) is 13.8. The van der Waals surface area contributed by atoms with Crippen LogP contribution in [0.3, 0.4) is 0 Å². The molecule has 16 heteroatoms. The number of hydroxylamine groups is 1. The molecule has 1 atom stereocenters. The number of anilines is 2. The number of amides is 1. The lowest BCUT2D eigenvalue weighted by Crippen LogP contribution is -2.42. The van der Waals surface area contributed by atoms with Gasteiger partial charge in [0.2, 0.25) is 27.8 Å². The zero-order valence-electron chi connectivity index (χ0n) is 26.5. The van der Waals surface area contributed by atoms with Crippen LogP contribution in [0.15, 0.2) is 24.4 Å². The van der Waals surface area contributed by atoms with E-state index in [-0.39, 0.29) is 23.4 Å². The van der Waals surface area contributed by atoms with Crippen molar-refractivity contribution in [2.45, 2.75) is 44.9 Å². The third-order valence-corrected chi connectivity index (χ3v) is 9.11. The summed E-state index contributed by atoms with van der Waals surface area (Å²) in [7, 11) is -2.26. The summed E-state index contributed by atoms with van der Waals surface area (Å²) in [6.45, 7) is 4.49. The Hall–Kier alpha value is -3.70. The van der Waals surface area contributed by atoms with Gasteiger partial charge < -0.3 is 19.1 Å². The van der Waals surface area contributed by atoms with Crippen LogP contribution in [0, 0.1) is 11.7 Å². The molecule has 0 saturated carbocycles. The molecule has 14 nitrogen and oxygen atoms in total. The fourth-order valence-corrected chi connectivity index (χ4v) is 6.67. The Morgan fingerprint density at radius 2 is 1.85 bits per heavy atom. The van der Waals surface area contributed by atoms with Crippen molar-refractivity contribution < 1.29 is 36.7 Å². The third-order valence-electron chi connectivity index (χ3n) is 8.52. The van der Waals surface area contributed by atoms with Gasteiger partial charge >= 0.3 is 0 Å². The fraction of sp³-hybridized carbons (Fsp3) is 0.548. The molecule has 254 valence electrons. The van der Waals surface area contributed by atoms with Crippen LogP contribution in [-0.4, -0.2) is 99.8 Å². The summed E-state index contributed by atoms with van der Waals surface area (Å²) in [6.07, 6.45) is 6.16. The van der Waals surface area contributed by atoms with Crippen molar-refractivity contribution >= 4 is 38.5 Å². The number of nitrogens with zero attached hydrogens (tertiary/aromatic N) is 5. The number of hydrogen-bond donors (Lipinski definition) is 2. The van der Waals surface area contributed by atoms with E-state index in [1.807, 2.05) is 4.90 Å². The van der Waals surface area contributed by atoms with Gasteiger partial charge in [0.1, 0.15) is 11.5 Å². The molecule has 1 unspecified atom stereocenters. The molecule has 2 N–H and O–H groups in total. The number of hydrogen-bond acceptors (Lipinski definition) is 12. The summed E-state index contributed by atoms with van der Waals surface area (Å²) in [5, 5.41) is 0.464. The summed E-state index contributed by atoms with van der Waals surface area (Å²) in [5.74, 6) is -0.263. The number of rotatable bonds is 10. The van der Waals surface area contributed by atoms with Crippen LogP contribution >= 0.6 is 0 Å². The number of morpholine rings is 1. The van der Waals surface area contributed by atoms with E-state index in [1.165, 1.54) is 25.4 Å². The van der Waals surface area contributed by atoms with Crippen molar-refractivity contribution in [2.75, 3.05) is 69.0 Å². The lowest BCUT2D eigenvalue weighted by Gasteiger charge is -2.32. The summed E-state index contributed by atoms with van der Waals surface area (Å²) in [4.78, 5) is 36.6. The first-order chi connectivity index (χ1) is 22.7. The molecule has 3 aliphatic heterocycles. The SMILES string of the molecule is COc1ncc(-c2nc(N3CCOCC3)nc3c(CN4CCC(C(=O)NOC5CCCCO5)CC4)cc(F)cc23)cc1NS(C)(=O)=O. The molecule has 6 rings (SSSR count). The van der Waals surface area contributed by atoms with Crippen molar-refractivity contribution in [1.82, 2.24) is 25.3 Å². The number of piperidine rings is 1. The van der Waals surface area contributed by atoms with Crippen molar-refractivity contribution in [3.63, 3.8) is 0 Å². The van der Waals surface area contributed by atoms with Crippen molar-refractivity contribution in [2.24, 2.45) is 5.92 Å². The number of pyridine rings is 1. The largest absolute Gasteiger partial charge is 0.480 e. The Labute approximate surface area is 272 Å². The number of benzene rings is 1. The lowest BCUT2D eigenvalue weighted by atomic mass is 9.95. The van der Waals surface area contributed by atoms with E-state index in [0.717, 1.165) is 25.5 Å². The Kier molecular flexibility index (Phi) is 10.3. The zero-order valence-corrected chi connectivity index (χ0v) is 27.4. The number of aromatic nitrogens is 3. The molecular formula is C31H40FN7O7S. The maximum Gasteiger partial charge on any atom is 0.246 e. The minimum atomic E-state index is -3.65. The molecule has 0 bridgehead atoms. The molecule has 2 aromatic heterocycles. The van der Waals surface area contributed by atoms with E-state index in [1.54, 1.807) is 6.07 Å². The molecule has 3 aromatic rings. The number of carbonyl (C=O) groups is 1. The predicted molar refractivity (Wildman–Crippen MR) is 172 cm³/mol. The van der Waals surface area contributed by atoms with E-state index in [9.17, 15) is 13.2 Å². The number of ether oxygens (including phenoxy) is 3. The number of halogens is 1. The Bertz CT molecular complexity index is 1690. The monoisotopic (exact) mass is 673 g/mol. The fourth-order valence-electron chi connectivity index (χ4n) is 6.12. The summed E-state index contributed by atoms with van der Waals surface area (Å²) in [6, 6.07) is 4.45. The van der Waals surface area contributed by atoms with Crippen LogP contribution in [0.2, 0.25) is 0 Å².